The highest BCUT2D eigenvalue weighted by Crippen LogP contribution is 2.47. The Kier molecular flexibility index (Phi) is 10.6. The molecule has 2 fully saturated rings. The van der Waals surface area contributed by atoms with Crippen molar-refractivity contribution in [3.8, 4) is 5.75 Å². The van der Waals surface area contributed by atoms with Crippen LogP contribution in [0.4, 0.5) is 9.59 Å². The van der Waals surface area contributed by atoms with E-state index in [-0.39, 0.29) is 18.8 Å². The summed E-state index contributed by atoms with van der Waals surface area (Å²) >= 11 is 0. The molecule has 11 nitrogen and oxygen atoms in total. The van der Waals surface area contributed by atoms with Crippen LogP contribution in [-0.4, -0.2) is 62.6 Å². The van der Waals surface area contributed by atoms with E-state index in [2.05, 4.69) is 20.8 Å². The second kappa shape index (κ2) is 13.5. The van der Waals surface area contributed by atoms with E-state index in [1.165, 1.54) is 12.8 Å². The minimum atomic E-state index is -1.92. The summed E-state index contributed by atoms with van der Waals surface area (Å²) in [7, 11) is 0. The lowest BCUT2D eigenvalue weighted by molar-refractivity contribution is -0.246. The fraction of sp³-hybridized carbons (Fsp3) is 0.679. The number of hydrogen-bond acceptors (Lipinski definition) is 11. The molecule has 0 saturated heterocycles. The Bertz CT molecular complexity index is 1000. The minimum absolute atomic E-state index is 0.193. The molecule has 11 heteroatoms. The molecule has 2 aliphatic rings. The van der Waals surface area contributed by atoms with E-state index in [0.29, 0.717) is 17.6 Å². The number of carbonyl (C=O) groups is 3. The molecule has 0 amide bonds. The molecule has 0 radical (unpaired) electrons. The molecular weight excluding hydrogens is 512 g/mol. The third-order valence-corrected chi connectivity index (χ3v) is 6.36. The third-order valence-electron chi connectivity index (χ3n) is 6.36. The molecule has 0 N–H and O–H groups in total. The van der Waals surface area contributed by atoms with E-state index in [9.17, 15) is 14.4 Å². The number of carbonyl (C=O) groups excluding carboxylic acids is 3. The maximum Gasteiger partial charge on any atom is 0.510 e. The molecule has 3 atom stereocenters. The maximum atomic E-state index is 12.8. The van der Waals surface area contributed by atoms with Gasteiger partial charge < -0.3 is 37.9 Å². The highest BCUT2D eigenvalue weighted by Gasteiger charge is 2.71. The van der Waals surface area contributed by atoms with Crippen molar-refractivity contribution in [1.29, 1.82) is 0 Å². The van der Waals surface area contributed by atoms with Gasteiger partial charge in [-0.25, -0.2) is 9.59 Å². The van der Waals surface area contributed by atoms with Crippen molar-refractivity contribution < 1.29 is 52.3 Å². The van der Waals surface area contributed by atoms with Crippen LogP contribution in [0.15, 0.2) is 18.2 Å². The molecule has 1 aromatic carbocycles. The van der Waals surface area contributed by atoms with Crippen LogP contribution in [0.3, 0.4) is 0 Å². The van der Waals surface area contributed by atoms with Crippen LogP contribution in [0.5, 0.6) is 5.75 Å². The summed E-state index contributed by atoms with van der Waals surface area (Å²) < 4.78 is 42.3. The molecular formula is C28H40O11. The van der Waals surface area contributed by atoms with Gasteiger partial charge in [0, 0.05) is 0 Å². The lowest BCUT2D eigenvalue weighted by Crippen LogP contribution is -2.31. The number of rotatable bonds is 15. The Morgan fingerprint density at radius 3 is 1.97 bits per heavy atom. The lowest BCUT2D eigenvalue weighted by Gasteiger charge is -2.23. The van der Waals surface area contributed by atoms with Gasteiger partial charge in [0.1, 0.15) is 5.75 Å². The topological polar surface area (TPSA) is 125 Å². The largest absolute Gasteiger partial charge is 0.510 e. The number of ketones is 1. The Balaban J connectivity index is 1.67. The van der Waals surface area contributed by atoms with Gasteiger partial charge in [0.05, 0.1) is 12.2 Å². The zero-order valence-electron chi connectivity index (χ0n) is 23.7. The molecule has 0 heterocycles. The van der Waals surface area contributed by atoms with Gasteiger partial charge in [0.15, 0.2) is 26.5 Å². The van der Waals surface area contributed by atoms with E-state index in [1.807, 2.05) is 18.2 Å². The SMILES string of the molecule is CC(C)OC(=O)OCOC1C(=O)[C@@]1(OCOC(=O)OC(C)C)OCOc1c(C(C)C)cccc1[C@H](C)C1CC1. The van der Waals surface area contributed by atoms with Crippen LogP contribution in [0, 0.1) is 5.92 Å². The zero-order valence-corrected chi connectivity index (χ0v) is 23.7. The molecule has 0 aromatic heterocycles. The number of Topliss-reactive ketones (excluding diaryl/α,β-unsaturated/α-hetero) is 1. The number of ether oxygens (including phenoxy) is 8. The molecule has 3 rings (SSSR count). The predicted molar refractivity (Wildman–Crippen MR) is 137 cm³/mol. The van der Waals surface area contributed by atoms with Crippen molar-refractivity contribution in [3.05, 3.63) is 29.3 Å². The third kappa shape index (κ3) is 8.30. The minimum Gasteiger partial charge on any atom is -0.467 e. The van der Waals surface area contributed by atoms with E-state index in [1.54, 1.807) is 27.7 Å². The summed E-state index contributed by atoms with van der Waals surface area (Å²) in [6, 6.07) is 6.08. The highest BCUT2D eigenvalue weighted by atomic mass is 16.9. The monoisotopic (exact) mass is 552 g/mol. The first-order valence-corrected chi connectivity index (χ1v) is 13.3. The fourth-order valence-electron chi connectivity index (χ4n) is 4.11. The standard InChI is InChI=1S/C28H40O11/c1-16(2)21-9-8-10-22(19(7)20-11-12-20)23(21)32-14-36-28(37-15-35-27(31)39-18(5)6)24(29)25(28)33-13-34-26(30)38-17(3)4/h8-10,16-20,25H,11-15H2,1-7H3/t19-,25?,28+/m1/s1. The Labute approximate surface area is 229 Å². The summed E-state index contributed by atoms with van der Waals surface area (Å²) in [6.45, 7) is 11.4. The van der Waals surface area contributed by atoms with Crippen molar-refractivity contribution in [2.45, 2.75) is 97.2 Å². The first kappa shape index (κ1) is 30.6. The van der Waals surface area contributed by atoms with Gasteiger partial charge in [0.25, 0.3) is 5.79 Å². The fourth-order valence-corrected chi connectivity index (χ4v) is 4.11. The first-order valence-electron chi connectivity index (χ1n) is 13.3. The number of hydrogen-bond donors (Lipinski definition) is 0. The molecule has 0 spiro atoms. The van der Waals surface area contributed by atoms with E-state index in [4.69, 9.17) is 37.9 Å². The summed E-state index contributed by atoms with van der Waals surface area (Å²) in [4.78, 5) is 36.1. The lowest BCUT2D eigenvalue weighted by atomic mass is 9.90. The molecule has 0 bridgehead atoms. The van der Waals surface area contributed by atoms with Gasteiger partial charge >= 0.3 is 12.3 Å². The Hall–Kier alpha value is -2.89. The predicted octanol–water partition coefficient (Wildman–Crippen LogP) is 5.40. The van der Waals surface area contributed by atoms with E-state index >= 15 is 0 Å². The highest BCUT2D eigenvalue weighted by molar-refractivity contribution is 6.08. The summed E-state index contributed by atoms with van der Waals surface area (Å²) in [5, 5.41) is 0. The quantitative estimate of drug-likeness (QED) is 0.205. The normalized spacial score (nSPS) is 21.2. The van der Waals surface area contributed by atoms with Gasteiger partial charge in [0.2, 0.25) is 5.78 Å². The van der Waals surface area contributed by atoms with Gasteiger partial charge in [-0.15, -0.1) is 0 Å². The Morgan fingerprint density at radius 2 is 1.41 bits per heavy atom. The summed E-state index contributed by atoms with van der Waals surface area (Å²) in [6.07, 6.45) is -1.58. The van der Waals surface area contributed by atoms with Crippen LogP contribution < -0.4 is 4.74 Å². The average Bonchev–Trinajstić information content (AvgIpc) is 3.77. The molecule has 1 unspecified atom stereocenters. The second-order valence-electron chi connectivity index (χ2n) is 10.5. The zero-order chi connectivity index (χ0) is 28.7. The van der Waals surface area contributed by atoms with Crippen LogP contribution in [0.2, 0.25) is 0 Å². The van der Waals surface area contributed by atoms with Crippen molar-refractivity contribution in [3.63, 3.8) is 0 Å². The van der Waals surface area contributed by atoms with Crippen molar-refractivity contribution >= 4 is 18.1 Å². The van der Waals surface area contributed by atoms with Gasteiger partial charge in [-0.05, 0) is 69.4 Å². The van der Waals surface area contributed by atoms with E-state index < -0.39 is 49.7 Å². The first-order chi connectivity index (χ1) is 18.5. The maximum absolute atomic E-state index is 12.8. The van der Waals surface area contributed by atoms with Crippen LogP contribution in [0.25, 0.3) is 0 Å². The molecule has 2 aliphatic carbocycles. The number of benzene rings is 1. The van der Waals surface area contributed by atoms with E-state index in [0.717, 1.165) is 11.1 Å². The van der Waals surface area contributed by atoms with Crippen molar-refractivity contribution in [2.75, 3.05) is 20.4 Å². The van der Waals surface area contributed by atoms with Crippen molar-refractivity contribution in [2.24, 2.45) is 5.92 Å². The van der Waals surface area contributed by atoms with Crippen molar-refractivity contribution in [1.82, 2.24) is 0 Å². The molecule has 2 saturated carbocycles. The molecule has 0 aliphatic heterocycles. The molecule has 1 aromatic rings. The second-order valence-corrected chi connectivity index (χ2v) is 10.5. The van der Waals surface area contributed by atoms with Crippen LogP contribution in [0.1, 0.15) is 84.3 Å². The Morgan fingerprint density at radius 1 is 0.846 bits per heavy atom. The number of para-hydroxylation sites is 1. The van der Waals surface area contributed by atoms with Crippen LogP contribution in [-0.2, 0) is 38.0 Å². The van der Waals surface area contributed by atoms with Gasteiger partial charge in [-0.3, -0.25) is 4.79 Å². The molecule has 218 valence electrons. The smallest absolute Gasteiger partial charge is 0.467 e. The summed E-state index contributed by atoms with van der Waals surface area (Å²) in [5.41, 5.74) is 2.10. The summed E-state index contributed by atoms with van der Waals surface area (Å²) in [5.74, 6) is -0.679. The van der Waals surface area contributed by atoms with Gasteiger partial charge in [-0.2, -0.15) is 0 Å². The van der Waals surface area contributed by atoms with Crippen LogP contribution >= 0.6 is 0 Å². The average molecular weight is 553 g/mol. The molecule has 39 heavy (non-hydrogen) atoms. The van der Waals surface area contributed by atoms with Gasteiger partial charge in [-0.1, -0.05) is 39.0 Å².